The molecule has 0 amide bonds. The van der Waals surface area contributed by atoms with Gasteiger partial charge in [-0.15, -0.1) is 0 Å². The summed E-state index contributed by atoms with van der Waals surface area (Å²) in [5.41, 5.74) is 1.56. The van der Waals surface area contributed by atoms with Crippen LogP contribution >= 0.6 is 0 Å². The Morgan fingerprint density at radius 3 is 2.38 bits per heavy atom. The highest BCUT2D eigenvalue weighted by molar-refractivity contribution is 7.90. The summed E-state index contributed by atoms with van der Waals surface area (Å²) < 4.78 is 25.2. The van der Waals surface area contributed by atoms with E-state index in [1.54, 1.807) is 0 Å². The van der Waals surface area contributed by atoms with E-state index in [1.165, 1.54) is 12.1 Å². The molecule has 0 spiro atoms. The third-order valence-electron chi connectivity index (χ3n) is 4.06. The number of aryl methyl sites for hydroxylation is 1. The van der Waals surface area contributed by atoms with E-state index in [1.807, 2.05) is 45.5 Å². The first-order valence-electron chi connectivity index (χ1n) is 8.12. The molecular formula is C17H24N4O4S. The van der Waals surface area contributed by atoms with Crippen LogP contribution in [0.2, 0.25) is 0 Å². The maximum Gasteiger partial charge on any atom is 0.293 e. The molecule has 1 aromatic heterocycles. The maximum atomic E-state index is 11.7. The zero-order valence-corrected chi connectivity index (χ0v) is 16.6. The Bertz CT molecular complexity index is 942. The third-order valence-corrected chi connectivity index (χ3v) is 5.17. The highest BCUT2D eigenvalue weighted by Crippen LogP contribution is 2.31. The lowest BCUT2D eigenvalue weighted by atomic mass is 10.1. The van der Waals surface area contributed by atoms with Crippen molar-refractivity contribution in [3.63, 3.8) is 0 Å². The van der Waals surface area contributed by atoms with Crippen LogP contribution in [0.15, 0.2) is 29.3 Å². The molecule has 0 bridgehead atoms. The monoisotopic (exact) mass is 380 g/mol. The molecule has 9 heteroatoms. The van der Waals surface area contributed by atoms with E-state index in [0.717, 1.165) is 23.6 Å². The smallest absolute Gasteiger partial charge is 0.293 e. The summed E-state index contributed by atoms with van der Waals surface area (Å²) in [4.78, 5) is 10.7. The number of anilines is 1. The topological polar surface area (TPSA) is 107 Å². The van der Waals surface area contributed by atoms with Crippen molar-refractivity contribution in [3.8, 4) is 0 Å². The second-order valence-electron chi connectivity index (χ2n) is 7.36. The number of nitro groups is 1. The van der Waals surface area contributed by atoms with Crippen LogP contribution in [0, 0.1) is 17.0 Å². The number of nitrogens with one attached hydrogen (secondary N) is 1. The number of nitro benzene ring substituents is 1. The van der Waals surface area contributed by atoms with Gasteiger partial charge >= 0.3 is 0 Å². The maximum absolute atomic E-state index is 11.7. The van der Waals surface area contributed by atoms with Gasteiger partial charge in [-0.1, -0.05) is 0 Å². The van der Waals surface area contributed by atoms with Gasteiger partial charge in [-0.05, 0) is 46.8 Å². The second kappa shape index (κ2) is 6.71. The highest BCUT2D eigenvalue weighted by Gasteiger charge is 2.23. The molecule has 2 aromatic rings. The predicted octanol–water partition coefficient (Wildman–Crippen LogP) is 3.43. The average Bonchev–Trinajstić information content (AvgIpc) is 2.88. The summed E-state index contributed by atoms with van der Waals surface area (Å²) in [5.74, 6) is 0. The summed E-state index contributed by atoms with van der Waals surface area (Å²) in [6, 6.07) is 3.63. The molecule has 2 rings (SSSR count). The second-order valence-corrected chi connectivity index (χ2v) is 9.38. The van der Waals surface area contributed by atoms with E-state index in [0.29, 0.717) is 0 Å². The minimum absolute atomic E-state index is 0.0841. The van der Waals surface area contributed by atoms with Crippen LogP contribution in [0.5, 0.6) is 0 Å². The quantitative estimate of drug-likeness (QED) is 0.629. The van der Waals surface area contributed by atoms with Gasteiger partial charge in [-0.2, -0.15) is 5.10 Å². The van der Waals surface area contributed by atoms with Gasteiger partial charge in [0.15, 0.2) is 9.84 Å². The van der Waals surface area contributed by atoms with Crippen LogP contribution in [0.4, 0.5) is 11.4 Å². The Hall–Kier alpha value is -2.42. The van der Waals surface area contributed by atoms with E-state index in [-0.39, 0.29) is 27.9 Å². The fourth-order valence-corrected chi connectivity index (χ4v) is 3.21. The Morgan fingerprint density at radius 2 is 1.92 bits per heavy atom. The number of sulfone groups is 1. The molecule has 0 radical (unpaired) electrons. The lowest BCUT2D eigenvalue weighted by Crippen LogP contribution is -2.22. The summed E-state index contributed by atoms with van der Waals surface area (Å²) in [6.45, 7) is 9.88. The van der Waals surface area contributed by atoms with E-state index in [4.69, 9.17) is 0 Å². The number of benzene rings is 1. The molecule has 26 heavy (non-hydrogen) atoms. The largest absolute Gasteiger partial charge is 0.373 e. The zero-order valence-electron chi connectivity index (χ0n) is 15.8. The molecular weight excluding hydrogens is 356 g/mol. The zero-order chi connectivity index (χ0) is 19.9. The van der Waals surface area contributed by atoms with Crippen LogP contribution in [-0.2, 0) is 15.4 Å². The van der Waals surface area contributed by atoms with E-state index in [9.17, 15) is 18.5 Å². The Kier molecular flexibility index (Phi) is 5.14. The number of aromatic nitrogens is 2. The Labute approximate surface area is 153 Å². The Balaban J connectivity index is 2.39. The third kappa shape index (κ3) is 4.21. The van der Waals surface area contributed by atoms with Crippen molar-refractivity contribution >= 4 is 21.2 Å². The van der Waals surface area contributed by atoms with Gasteiger partial charge in [-0.25, -0.2) is 8.42 Å². The summed E-state index contributed by atoms with van der Waals surface area (Å²) in [6.07, 6.45) is 2.94. The van der Waals surface area contributed by atoms with E-state index < -0.39 is 14.8 Å². The van der Waals surface area contributed by atoms with Gasteiger partial charge in [-0.3, -0.25) is 14.8 Å². The first-order valence-corrected chi connectivity index (χ1v) is 10.0. The first-order chi connectivity index (χ1) is 11.8. The molecule has 0 aliphatic heterocycles. The van der Waals surface area contributed by atoms with Crippen molar-refractivity contribution in [1.82, 2.24) is 9.78 Å². The lowest BCUT2D eigenvalue weighted by Gasteiger charge is -2.19. The van der Waals surface area contributed by atoms with Crippen molar-refractivity contribution in [2.24, 2.45) is 0 Å². The Morgan fingerprint density at radius 1 is 1.31 bits per heavy atom. The fraction of sp³-hybridized carbons (Fsp3) is 0.471. The van der Waals surface area contributed by atoms with Crippen molar-refractivity contribution in [2.75, 3.05) is 11.6 Å². The SMILES string of the molecule is Cc1nn(C(C)(C)C)cc1C(C)Nc1ccc(S(C)(=O)=O)cc1[N+](=O)[O-]. The normalized spacial score (nSPS) is 13.5. The van der Waals surface area contributed by atoms with Crippen molar-refractivity contribution < 1.29 is 13.3 Å². The number of hydrogen-bond acceptors (Lipinski definition) is 6. The number of hydrogen-bond donors (Lipinski definition) is 1. The predicted molar refractivity (Wildman–Crippen MR) is 100 cm³/mol. The number of rotatable bonds is 5. The van der Waals surface area contributed by atoms with Gasteiger partial charge in [0.2, 0.25) is 0 Å². The molecule has 8 nitrogen and oxygen atoms in total. The molecule has 142 valence electrons. The molecule has 1 heterocycles. The molecule has 1 atom stereocenters. The molecule has 1 aromatic carbocycles. The lowest BCUT2D eigenvalue weighted by molar-refractivity contribution is -0.384. The first kappa shape index (κ1) is 19.9. The standard InChI is InChI=1S/C17H24N4O4S/c1-11(14-10-20(17(3,4)5)19-12(14)2)18-15-8-7-13(26(6,24)25)9-16(15)21(22)23/h7-11,18H,1-6H3. The molecule has 1 N–H and O–H groups in total. The molecule has 0 fully saturated rings. The van der Waals surface area contributed by atoms with Crippen LogP contribution in [0.25, 0.3) is 0 Å². The van der Waals surface area contributed by atoms with Crippen LogP contribution < -0.4 is 5.32 Å². The van der Waals surface area contributed by atoms with Gasteiger partial charge in [0.05, 0.1) is 27.1 Å². The molecule has 1 unspecified atom stereocenters. The minimum atomic E-state index is -3.52. The fourth-order valence-electron chi connectivity index (χ4n) is 2.57. The van der Waals surface area contributed by atoms with Gasteiger partial charge in [0, 0.05) is 24.1 Å². The average molecular weight is 380 g/mol. The molecule has 0 saturated carbocycles. The summed E-state index contributed by atoms with van der Waals surface area (Å²) in [5, 5.41) is 19.0. The summed E-state index contributed by atoms with van der Waals surface area (Å²) >= 11 is 0. The van der Waals surface area contributed by atoms with Gasteiger partial charge in [0.1, 0.15) is 5.69 Å². The summed E-state index contributed by atoms with van der Waals surface area (Å²) in [7, 11) is -3.52. The van der Waals surface area contributed by atoms with Crippen LogP contribution in [0.3, 0.4) is 0 Å². The van der Waals surface area contributed by atoms with Gasteiger partial charge in [0.25, 0.3) is 5.69 Å². The van der Waals surface area contributed by atoms with Crippen LogP contribution in [0.1, 0.15) is 45.0 Å². The molecule has 0 aliphatic carbocycles. The highest BCUT2D eigenvalue weighted by atomic mass is 32.2. The molecule has 0 aliphatic rings. The van der Waals surface area contributed by atoms with E-state index >= 15 is 0 Å². The van der Waals surface area contributed by atoms with Gasteiger partial charge < -0.3 is 5.32 Å². The van der Waals surface area contributed by atoms with E-state index in [2.05, 4.69) is 10.4 Å². The minimum Gasteiger partial charge on any atom is -0.373 e. The van der Waals surface area contributed by atoms with Crippen LogP contribution in [-0.4, -0.2) is 29.4 Å². The molecule has 0 saturated heterocycles. The number of nitrogens with zero attached hydrogens (tertiary/aromatic N) is 3. The van der Waals surface area contributed by atoms with Crippen molar-refractivity contribution in [3.05, 3.63) is 45.8 Å². The van der Waals surface area contributed by atoms with Crippen molar-refractivity contribution in [2.45, 2.75) is 51.1 Å². The van der Waals surface area contributed by atoms with Crippen molar-refractivity contribution in [1.29, 1.82) is 0 Å².